The zero-order valence-corrected chi connectivity index (χ0v) is 29.1. The van der Waals surface area contributed by atoms with Gasteiger partial charge in [0.15, 0.2) is 0 Å². The van der Waals surface area contributed by atoms with E-state index in [1.807, 2.05) is 30.3 Å². The number of hydrogen-bond acceptors (Lipinski definition) is 2. The standard InChI is InChI=1S/C50H30N4/c51-31-35-30-45(52-44-18-8-6-14-38(35)44)33-21-25-37(26-22-33)53-46-19-9-7-16-42(46)49-39(17-10-20-48(49)53)34-24-28-47-43(29-34)41-27-23-32-11-4-5-15-40(32)50(41)54(47)36-12-2-1-3-13-36/h1-30H. The number of para-hydroxylation sites is 3. The molecule has 54 heavy (non-hydrogen) atoms. The normalized spacial score (nSPS) is 11.7. The summed E-state index contributed by atoms with van der Waals surface area (Å²) >= 11 is 0. The van der Waals surface area contributed by atoms with Crippen LogP contribution in [0.4, 0.5) is 0 Å². The number of hydrogen-bond donors (Lipinski definition) is 0. The molecular formula is C50H30N4. The third kappa shape index (κ3) is 4.46. The number of nitriles is 1. The predicted molar refractivity (Wildman–Crippen MR) is 224 cm³/mol. The van der Waals surface area contributed by atoms with E-state index in [1.54, 1.807) is 0 Å². The molecule has 11 rings (SSSR count). The van der Waals surface area contributed by atoms with Crippen molar-refractivity contribution in [1.82, 2.24) is 14.1 Å². The first-order valence-corrected chi connectivity index (χ1v) is 18.2. The molecule has 0 unspecified atom stereocenters. The Morgan fingerprint density at radius 2 is 1.13 bits per heavy atom. The molecule has 11 aromatic rings. The van der Waals surface area contributed by atoms with Crippen LogP contribution in [-0.4, -0.2) is 14.1 Å². The lowest BCUT2D eigenvalue weighted by atomic mass is 9.97. The number of aromatic nitrogens is 3. The fourth-order valence-corrected chi connectivity index (χ4v) is 8.53. The third-order valence-corrected chi connectivity index (χ3v) is 10.9. The summed E-state index contributed by atoms with van der Waals surface area (Å²) in [5.74, 6) is 0. The zero-order valence-electron chi connectivity index (χ0n) is 29.1. The average Bonchev–Trinajstić information content (AvgIpc) is 3.76. The van der Waals surface area contributed by atoms with Crippen molar-refractivity contribution >= 4 is 65.3 Å². The fourth-order valence-electron chi connectivity index (χ4n) is 8.53. The Bertz CT molecular complexity index is 3320. The Morgan fingerprint density at radius 3 is 1.98 bits per heavy atom. The molecule has 250 valence electrons. The summed E-state index contributed by atoms with van der Waals surface area (Å²) < 4.78 is 4.78. The minimum atomic E-state index is 0.630. The van der Waals surface area contributed by atoms with E-state index >= 15 is 0 Å². The largest absolute Gasteiger partial charge is 0.309 e. The van der Waals surface area contributed by atoms with Crippen LogP contribution in [-0.2, 0) is 0 Å². The number of pyridine rings is 1. The summed E-state index contributed by atoms with van der Waals surface area (Å²) in [6.07, 6.45) is 0. The van der Waals surface area contributed by atoms with Gasteiger partial charge in [-0.25, -0.2) is 4.98 Å². The van der Waals surface area contributed by atoms with Crippen LogP contribution in [0.5, 0.6) is 0 Å². The number of rotatable bonds is 4. The van der Waals surface area contributed by atoms with Gasteiger partial charge in [0.2, 0.25) is 0 Å². The lowest BCUT2D eigenvalue weighted by molar-refractivity contribution is 1.18. The minimum Gasteiger partial charge on any atom is -0.309 e. The second-order valence-corrected chi connectivity index (χ2v) is 13.9. The molecule has 3 heterocycles. The smallest absolute Gasteiger partial charge is 0.0999 e. The molecule has 4 nitrogen and oxygen atoms in total. The molecule has 0 saturated heterocycles. The molecule has 0 amide bonds. The Labute approximate surface area is 311 Å². The maximum Gasteiger partial charge on any atom is 0.0999 e. The highest BCUT2D eigenvalue weighted by Gasteiger charge is 2.19. The lowest BCUT2D eigenvalue weighted by Crippen LogP contribution is -1.95. The Hall–Kier alpha value is -7.48. The van der Waals surface area contributed by atoms with E-state index in [9.17, 15) is 5.26 Å². The van der Waals surface area contributed by atoms with Crippen LogP contribution in [0.3, 0.4) is 0 Å². The molecule has 8 aromatic carbocycles. The molecule has 3 aromatic heterocycles. The first kappa shape index (κ1) is 30.2. The molecule has 0 atom stereocenters. The summed E-state index contributed by atoms with van der Waals surface area (Å²) in [6, 6.07) is 66.8. The minimum absolute atomic E-state index is 0.630. The van der Waals surface area contributed by atoms with Crippen molar-refractivity contribution in [2.45, 2.75) is 0 Å². The highest BCUT2D eigenvalue weighted by molar-refractivity contribution is 6.20. The van der Waals surface area contributed by atoms with Gasteiger partial charge in [0.05, 0.1) is 44.9 Å². The van der Waals surface area contributed by atoms with Crippen LogP contribution in [0.25, 0.3) is 99.0 Å². The van der Waals surface area contributed by atoms with Gasteiger partial charge in [0.25, 0.3) is 0 Å². The van der Waals surface area contributed by atoms with Gasteiger partial charge >= 0.3 is 0 Å². The van der Waals surface area contributed by atoms with Gasteiger partial charge in [0.1, 0.15) is 0 Å². The van der Waals surface area contributed by atoms with Gasteiger partial charge in [-0.15, -0.1) is 0 Å². The molecule has 0 bridgehead atoms. The summed E-state index contributed by atoms with van der Waals surface area (Å²) in [6.45, 7) is 0. The molecule has 0 aliphatic carbocycles. The van der Waals surface area contributed by atoms with Gasteiger partial charge in [-0.05, 0) is 77.2 Å². The Kier molecular flexibility index (Phi) is 6.58. The predicted octanol–water partition coefficient (Wildman–Crippen LogP) is 12.8. The van der Waals surface area contributed by atoms with Gasteiger partial charge in [-0.3, -0.25) is 0 Å². The van der Waals surface area contributed by atoms with Crippen molar-refractivity contribution in [1.29, 1.82) is 5.26 Å². The molecule has 0 aliphatic heterocycles. The summed E-state index contributed by atoms with van der Waals surface area (Å²) in [7, 11) is 0. The van der Waals surface area contributed by atoms with E-state index < -0.39 is 0 Å². The quantitative estimate of drug-likeness (QED) is 0.185. The SMILES string of the molecule is N#Cc1cc(-c2ccc(-n3c4ccccc4c4c(-c5ccc6c(c5)c5ccc7ccccc7c5n6-c5ccccc5)cccc43)cc2)nc2ccccc12. The lowest BCUT2D eigenvalue weighted by Gasteiger charge is -2.11. The summed E-state index contributed by atoms with van der Waals surface area (Å²) in [5.41, 5.74) is 12.5. The van der Waals surface area contributed by atoms with Crippen LogP contribution in [0.1, 0.15) is 5.56 Å². The van der Waals surface area contributed by atoms with Crippen LogP contribution in [0, 0.1) is 11.3 Å². The topological polar surface area (TPSA) is 46.5 Å². The van der Waals surface area contributed by atoms with E-state index in [-0.39, 0.29) is 0 Å². The summed E-state index contributed by atoms with van der Waals surface area (Å²) in [4.78, 5) is 4.91. The first-order valence-electron chi connectivity index (χ1n) is 18.2. The van der Waals surface area contributed by atoms with Crippen molar-refractivity contribution < 1.29 is 0 Å². The van der Waals surface area contributed by atoms with Crippen molar-refractivity contribution in [3.8, 4) is 39.8 Å². The van der Waals surface area contributed by atoms with Crippen molar-refractivity contribution in [2.24, 2.45) is 0 Å². The van der Waals surface area contributed by atoms with Crippen LogP contribution in [0.2, 0.25) is 0 Å². The van der Waals surface area contributed by atoms with Crippen molar-refractivity contribution in [3.63, 3.8) is 0 Å². The van der Waals surface area contributed by atoms with Crippen LogP contribution >= 0.6 is 0 Å². The zero-order chi connectivity index (χ0) is 35.8. The average molecular weight is 687 g/mol. The second-order valence-electron chi connectivity index (χ2n) is 13.9. The Morgan fingerprint density at radius 1 is 0.444 bits per heavy atom. The van der Waals surface area contributed by atoms with Crippen LogP contribution < -0.4 is 0 Å². The molecule has 0 aliphatic rings. The molecule has 0 spiro atoms. The van der Waals surface area contributed by atoms with Gasteiger partial charge in [-0.2, -0.15) is 5.26 Å². The fraction of sp³-hybridized carbons (Fsp3) is 0. The van der Waals surface area contributed by atoms with Crippen LogP contribution in [0.15, 0.2) is 182 Å². The maximum atomic E-state index is 9.89. The monoisotopic (exact) mass is 686 g/mol. The molecule has 4 heteroatoms. The Balaban J connectivity index is 1.10. The second kappa shape index (κ2) is 11.8. The van der Waals surface area contributed by atoms with E-state index in [0.29, 0.717) is 5.56 Å². The van der Waals surface area contributed by atoms with E-state index in [4.69, 9.17) is 4.98 Å². The highest BCUT2D eigenvalue weighted by atomic mass is 15.0. The van der Waals surface area contributed by atoms with Crippen molar-refractivity contribution in [2.75, 3.05) is 0 Å². The first-order chi connectivity index (χ1) is 26.7. The van der Waals surface area contributed by atoms with Gasteiger partial charge in [-0.1, -0.05) is 121 Å². The molecular weight excluding hydrogens is 657 g/mol. The maximum absolute atomic E-state index is 9.89. The number of benzene rings is 8. The summed E-state index contributed by atoms with van der Waals surface area (Å²) in [5, 5.41) is 18.1. The molecule has 0 N–H and O–H groups in total. The third-order valence-electron chi connectivity index (χ3n) is 10.9. The number of nitrogens with zero attached hydrogens (tertiary/aromatic N) is 4. The van der Waals surface area contributed by atoms with Crippen molar-refractivity contribution in [3.05, 3.63) is 188 Å². The molecule has 0 fully saturated rings. The molecule has 0 radical (unpaired) electrons. The molecule has 0 saturated carbocycles. The van der Waals surface area contributed by atoms with E-state index in [2.05, 4.69) is 167 Å². The number of fused-ring (bicyclic) bond motifs is 9. The van der Waals surface area contributed by atoms with Gasteiger partial charge in [0, 0.05) is 49.3 Å². The highest BCUT2D eigenvalue weighted by Crippen LogP contribution is 2.42. The van der Waals surface area contributed by atoms with Gasteiger partial charge < -0.3 is 9.13 Å². The van der Waals surface area contributed by atoms with E-state index in [0.717, 1.165) is 44.6 Å². The van der Waals surface area contributed by atoms with E-state index in [1.165, 1.54) is 54.5 Å².